The predicted molar refractivity (Wildman–Crippen MR) is 103 cm³/mol. The highest BCUT2D eigenvalue weighted by Gasteiger charge is 2.20. The molecular weight excluding hydrogens is 324 g/mol. The van der Waals surface area contributed by atoms with Crippen LogP contribution in [0.3, 0.4) is 0 Å². The van der Waals surface area contributed by atoms with Crippen LogP contribution in [0.25, 0.3) is 0 Å². The lowest BCUT2D eigenvalue weighted by Gasteiger charge is -2.10. The van der Waals surface area contributed by atoms with Gasteiger partial charge in [0.1, 0.15) is 0 Å². The van der Waals surface area contributed by atoms with E-state index in [-0.39, 0.29) is 0 Å². The number of anilines is 1. The van der Waals surface area contributed by atoms with E-state index in [1.807, 2.05) is 60.8 Å². The van der Waals surface area contributed by atoms with Gasteiger partial charge in [-0.25, -0.2) is 0 Å². The number of hydrogen-bond acceptors (Lipinski definition) is 2. The van der Waals surface area contributed by atoms with E-state index in [2.05, 4.69) is 19.2 Å². The smallest absolute Gasteiger partial charge is 0.298 e. The fourth-order valence-corrected chi connectivity index (χ4v) is 2.79. The van der Waals surface area contributed by atoms with Gasteiger partial charge < -0.3 is 9.88 Å². The normalized spacial score (nSPS) is 10.7. The topological polar surface area (TPSA) is 51.1 Å². The first kappa shape index (κ1) is 17.7. The Balaban J connectivity index is 1.71. The lowest BCUT2D eigenvalue weighted by atomic mass is 10.0. The zero-order valence-electron chi connectivity index (χ0n) is 15.0. The molecule has 0 radical (unpaired) electrons. The maximum absolute atomic E-state index is 12.6. The number of amides is 1. The van der Waals surface area contributed by atoms with Gasteiger partial charge in [0.05, 0.1) is 5.69 Å². The molecule has 1 amide bonds. The van der Waals surface area contributed by atoms with E-state index in [1.165, 1.54) is 5.56 Å². The number of ketones is 1. The third kappa shape index (κ3) is 4.09. The van der Waals surface area contributed by atoms with E-state index in [4.69, 9.17) is 0 Å². The molecule has 3 aromatic rings. The summed E-state index contributed by atoms with van der Waals surface area (Å²) in [6, 6.07) is 20.9. The van der Waals surface area contributed by atoms with Crippen molar-refractivity contribution in [1.82, 2.24) is 4.57 Å². The van der Waals surface area contributed by atoms with Crippen LogP contribution in [0.1, 0.15) is 41.4 Å². The van der Waals surface area contributed by atoms with E-state index in [0.717, 1.165) is 5.56 Å². The van der Waals surface area contributed by atoms with Gasteiger partial charge in [0.2, 0.25) is 0 Å². The summed E-state index contributed by atoms with van der Waals surface area (Å²) in [5.41, 5.74) is 3.26. The molecule has 0 saturated heterocycles. The van der Waals surface area contributed by atoms with Crippen LogP contribution in [0.2, 0.25) is 0 Å². The van der Waals surface area contributed by atoms with Crippen molar-refractivity contribution in [1.29, 1.82) is 0 Å². The van der Waals surface area contributed by atoms with Gasteiger partial charge in [0.25, 0.3) is 11.7 Å². The number of nitrogens with zero attached hydrogens (tertiary/aromatic N) is 1. The summed E-state index contributed by atoms with van der Waals surface area (Å²) in [5.74, 6) is -0.753. The maximum Gasteiger partial charge on any atom is 0.298 e. The summed E-state index contributed by atoms with van der Waals surface area (Å²) in [7, 11) is 0. The lowest BCUT2D eigenvalue weighted by Crippen LogP contribution is -2.25. The molecule has 3 rings (SSSR count). The third-order valence-electron chi connectivity index (χ3n) is 4.30. The van der Waals surface area contributed by atoms with Crippen molar-refractivity contribution in [2.45, 2.75) is 26.3 Å². The first-order chi connectivity index (χ1) is 12.5. The van der Waals surface area contributed by atoms with E-state index in [0.29, 0.717) is 23.8 Å². The van der Waals surface area contributed by atoms with Crippen LogP contribution in [-0.2, 0) is 11.3 Å². The van der Waals surface area contributed by atoms with E-state index < -0.39 is 11.7 Å². The molecule has 132 valence electrons. The average molecular weight is 346 g/mol. The molecular formula is C22H22N2O2. The molecule has 1 heterocycles. The van der Waals surface area contributed by atoms with Crippen molar-refractivity contribution in [2.75, 3.05) is 5.32 Å². The summed E-state index contributed by atoms with van der Waals surface area (Å²) in [6.07, 6.45) is 1.81. The molecule has 1 aromatic heterocycles. The van der Waals surface area contributed by atoms with Crippen molar-refractivity contribution in [3.05, 3.63) is 89.7 Å². The van der Waals surface area contributed by atoms with Crippen LogP contribution in [0, 0.1) is 0 Å². The molecule has 0 aliphatic rings. The summed E-state index contributed by atoms with van der Waals surface area (Å²) >= 11 is 0. The van der Waals surface area contributed by atoms with Gasteiger partial charge in [-0.1, -0.05) is 56.3 Å². The highest BCUT2D eigenvalue weighted by atomic mass is 16.2. The molecule has 0 fully saturated rings. The minimum atomic E-state index is -0.629. The van der Waals surface area contributed by atoms with Crippen molar-refractivity contribution in [3.63, 3.8) is 0 Å². The molecule has 0 bridgehead atoms. The van der Waals surface area contributed by atoms with E-state index in [9.17, 15) is 9.59 Å². The largest absolute Gasteiger partial charge is 0.340 e. The highest BCUT2D eigenvalue weighted by Crippen LogP contribution is 2.17. The Bertz CT molecular complexity index is 893. The Morgan fingerprint density at radius 2 is 1.62 bits per heavy atom. The van der Waals surface area contributed by atoms with Crippen LogP contribution in [-0.4, -0.2) is 16.3 Å². The van der Waals surface area contributed by atoms with Gasteiger partial charge >= 0.3 is 0 Å². The number of rotatable bonds is 6. The van der Waals surface area contributed by atoms with Crippen molar-refractivity contribution >= 4 is 17.4 Å². The van der Waals surface area contributed by atoms with Crippen LogP contribution < -0.4 is 5.32 Å². The van der Waals surface area contributed by atoms with Crippen LogP contribution >= 0.6 is 0 Å². The Hall–Kier alpha value is -3.14. The van der Waals surface area contributed by atoms with Crippen molar-refractivity contribution in [3.8, 4) is 0 Å². The van der Waals surface area contributed by atoms with Crippen LogP contribution in [0.15, 0.2) is 72.9 Å². The number of Topliss-reactive ketones (excluding diaryl/α,β-unsaturated/α-hetero) is 1. The van der Waals surface area contributed by atoms with Crippen molar-refractivity contribution < 1.29 is 9.59 Å². The van der Waals surface area contributed by atoms with Gasteiger partial charge in [-0.3, -0.25) is 9.59 Å². The highest BCUT2D eigenvalue weighted by molar-refractivity contribution is 6.46. The van der Waals surface area contributed by atoms with Gasteiger partial charge in [-0.15, -0.1) is 0 Å². The van der Waals surface area contributed by atoms with Gasteiger partial charge in [-0.2, -0.15) is 0 Å². The summed E-state index contributed by atoms with van der Waals surface area (Å²) in [6.45, 7) is 4.77. The molecule has 0 atom stereocenters. The first-order valence-electron chi connectivity index (χ1n) is 8.69. The molecule has 0 unspecified atom stereocenters. The molecule has 26 heavy (non-hydrogen) atoms. The minimum absolute atomic E-state index is 0.380. The number of carbonyl (C=O) groups excluding carboxylic acids is 2. The molecule has 1 N–H and O–H groups in total. The lowest BCUT2D eigenvalue weighted by molar-refractivity contribution is -0.112. The predicted octanol–water partition coefficient (Wildman–Crippen LogP) is 4.48. The van der Waals surface area contributed by atoms with Gasteiger partial charge in [0.15, 0.2) is 0 Å². The Labute approximate surface area is 153 Å². The Kier molecular flexibility index (Phi) is 5.32. The average Bonchev–Trinajstić information content (AvgIpc) is 3.10. The maximum atomic E-state index is 12.6. The monoisotopic (exact) mass is 346 g/mol. The van der Waals surface area contributed by atoms with Crippen molar-refractivity contribution in [2.24, 2.45) is 0 Å². The standard InChI is InChI=1S/C22H22N2O2/c1-16(2)18-10-12-19(13-11-18)23-22(26)21(25)20-9-6-14-24(20)15-17-7-4-3-5-8-17/h3-14,16H,15H2,1-2H3,(H,23,26). The molecule has 0 aliphatic heterocycles. The van der Waals surface area contributed by atoms with Gasteiger partial charge in [-0.05, 0) is 41.3 Å². The Morgan fingerprint density at radius 3 is 2.27 bits per heavy atom. The second kappa shape index (κ2) is 7.83. The van der Waals surface area contributed by atoms with Crippen LogP contribution in [0.4, 0.5) is 5.69 Å². The Morgan fingerprint density at radius 1 is 0.923 bits per heavy atom. The number of nitrogens with one attached hydrogen (secondary N) is 1. The summed E-state index contributed by atoms with van der Waals surface area (Å²) in [5, 5.41) is 2.69. The number of benzene rings is 2. The van der Waals surface area contributed by atoms with E-state index >= 15 is 0 Å². The molecule has 0 aliphatic carbocycles. The molecule has 0 spiro atoms. The van der Waals surface area contributed by atoms with Gasteiger partial charge in [0, 0.05) is 18.4 Å². The zero-order valence-corrected chi connectivity index (χ0v) is 15.0. The number of hydrogen-bond donors (Lipinski definition) is 1. The SMILES string of the molecule is CC(C)c1ccc(NC(=O)C(=O)c2cccn2Cc2ccccc2)cc1. The second-order valence-electron chi connectivity index (χ2n) is 6.57. The summed E-state index contributed by atoms with van der Waals surface area (Å²) in [4.78, 5) is 24.9. The third-order valence-corrected chi connectivity index (χ3v) is 4.30. The zero-order chi connectivity index (χ0) is 18.5. The molecule has 0 saturated carbocycles. The fourth-order valence-electron chi connectivity index (χ4n) is 2.79. The molecule has 4 heteroatoms. The molecule has 2 aromatic carbocycles. The van der Waals surface area contributed by atoms with E-state index in [1.54, 1.807) is 16.7 Å². The quantitative estimate of drug-likeness (QED) is 0.528. The summed E-state index contributed by atoms with van der Waals surface area (Å²) < 4.78 is 1.79. The first-order valence-corrected chi connectivity index (χ1v) is 8.69. The fraction of sp³-hybridized carbons (Fsp3) is 0.182. The number of carbonyl (C=O) groups is 2. The second-order valence-corrected chi connectivity index (χ2v) is 6.57. The minimum Gasteiger partial charge on any atom is -0.340 e. The van der Waals surface area contributed by atoms with Crippen LogP contribution in [0.5, 0.6) is 0 Å². The molecule has 4 nitrogen and oxygen atoms in total. The number of aromatic nitrogens is 1.